The van der Waals surface area contributed by atoms with Gasteiger partial charge in [0.15, 0.2) is 0 Å². The maximum atomic E-state index is 8.96. The molecule has 0 aromatic heterocycles. The standard InChI is InChI=1S/C14H27N3/c1-13(2)17-10-8-16(9-11-17)7-5-6-14(3,4)12-15/h13H,5-11H2,1-4H3. The van der Waals surface area contributed by atoms with Crippen LogP contribution in [0.1, 0.15) is 40.5 Å². The normalized spacial score (nSPS) is 19.5. The number of hydrogen-bond acceptors (Lipinski definition) is 3. The summed E-state index contributed by atoms with van der Waals surface area (Å²) in [7, 11) is 0. The Bertz CT molecular complexity index is 257. The molecule has 0 bridgehead atoms. The van der Waals surface area contributed by atoms with Crippen molar-refractivity contribution >= 4 is 0 Å². The molecule has 0 spiro atoms. The lowest BCUT2D eigenvalue weighted by atomic mass is 9.90. The molecule has 0 unspecified atom stereocenters. The van der Waals surface area contributed by atoms with Crippen LogP contribution in [-0.4, -0.2) is 48.6 Å². The van der Waals surface area contributed by atoms with E-state index in [-0.39, 0.29) is 5.41 Å². The van der Waals surface area contributed by atoms with E-state index in [1.54, 1.807) is 0 Å². The van der Waals surface area contributed by atoms with Gasteiger partial charge in [-0.3, -0.25) is 4.90 Å². The van der Waals surface area contributed by atoms with Crippen LogP contribution in [0.3, 0.4) is 0 Å². The van der Waals surface area contributed by atoms with Crippen molar-refractivity contribution in [3.63, 3.8) is 0 Å². The van der Waals surface area contributed by atoms with Crippen LogP contribution in [-0.2, 0) is 0 Å². The lowest BCUT2D eigenvalue weighted by molar-refractivity contribution is 0.106. The van der Waals surface area contributed by atoms with E-state index in [2.05, 4.69) is 29.7 Å². The zero-order valence-electron chi connectivity index (χ0n) is 11.9. The Morgan fingerprint density at radius 3 is 2.24 bits per heavy atom. The fraction of sp³-hybridized carbons (Fsp3) is 0.929. The van der Waals surface area contributed by atoms with E-state index in [1.165, 1.54) is 26.2 Å². The molecule has 0 aromatic carbocycles. The van der Waals surface area contributed by atoms with Crippen molar-refractivity contribution in [3.05, 3.63) is 0 Å². The second-order valence-corrected chi connectivity index (χ2v) is 6.07. The molecular weight excluding hydrogens is 210 g/mol. The van der Waals surface area contributed by atoms with Crippen LogP contribution in [0.15, 0.2) is 0 Å². The van der Waals surface area contributed by atoms with Crippen LogP contribution in [0.4, 0.5) is 0 Å². The fourth-order valence-corrected chi connectivity index (χ4v) is 2.30. The van der Waals surface area contributed by atoms with E-state index in [9.17, 15) is 0 Å². The van der Waals surface area contributed by atoms with E-state index in [0.29, 0.717) is 6.04 Å². The Morgan fingerprint density at radius 1 is 1.18 bits per heavy atom. The van der Waals surface area contributed by atoms with Gasteiger partial charge in [0.05, 0.1) is 11.5 Å². The Hall–Kier alpha value is -0.590. The van der Waals surface area contributed by atoms with Gasteiger partial charge in [-0.1, -0.05) is 0 Å². The van der Waals surface area contributed by atoms with Gasteiger partial charge in [-0.2, -0.15) is 5.26 Å². The van der Waals surface area contributed by atoms with E-state index in [0.717, 1.165) is 19.4 Å². The van der Waals surface area contributed by atoms with Gasteiger partial charge in [0.1, 0.15) is 0 Å². The molecule has 0 aromatic rings. The zero-order chi connectivity index (χ0) is 12.9. The minimum Gasteiger partial charge on any atom is -0.301 e. The molecule has 1 aliphatic rings. The summed E-state index contributed by atoms with van der Waals surface area (Å²) in [6, 6.07) is 3.05. The first-order valence-electron chi connectivity index (χ1n) is 6.82. The van der Waals surface area contributed by atoms with Gasteiger partial charge in [0, 0.05) is 32.2 Å². The fourth-order valence-electron chi connectivity index (χ4n) is 2.30. The number of rotatable bonds is 5. The van der Waals surface area contributed by atoms with Crippen molar-refractivity contribution < 1.29 is 0 Å². The predicted octanol–water partition coefficient (Wildman–Crippen LogP) is 2.34. The van der Waals surface area contributed by atoms with E-state index < -0.39 is 0 Å². The van der Waals surface area contributed by atoms with Crippen molar-refractivity contribution in [1.82, 2.24) is 9.80 Å². The van der Waals surface area contributed by atoms with Crippen LogP contribution in [0.25, 0.3) is 0 Å². The van der Waals surface area contributed by atoms with E-state index in [1.807, 2.05) is 13.8 Å². The summed E-state index contributed by atoms with van der Waals surface area (Å²) in [6.45, 7) is 14.5. The molecule has 1 fully saturated rings. The largest absolute Gasteiger partial charge is 0.301 e. The molecule has 3 nitrogen and oxygen atoms in total. The third-order valence-electron chi connectivity index (χ3n) is 3.72. The van der Waals surface area contributed by atoms with Crippen molar-refractivity contribution in [1.29, 1.82) is 5.26 Å². The summed E-state index contributed by atoms with van der Waals surface area (Å²) in [4.78, 5) is 5.07. The van der Waals surface area contributed by atoms with Gasteiger partial charge in [0.25, 0.3) is 0 Å². The molecule has 0 atom stereocenters. The Morgan fingerprint density at radius 2 is 1.76 bits per heavy atom. The van der Waals surface area contributed by atoms with Gasteiger partial charge in [-0.15, -0.1) is 0 Å². The Balaban J connectivity index is 2.17. The summed E-state index contributed by atoms with van der Waals surface area (Å²) < 4.78 is 0. The van der Waals surface area contributed by atoms with Crippen molar-refractivity contribution in [2.24, 2.45) is 5.41 Å². The zero-order valence-corrected chi connectivity index (χ0v) is 11.9. The van der Waals surface area contributed by atoms with Crippen LogP contribution in [0, 0.1) is 16.7 Å². The quantitative estimate of drug-likeness (QED) is 0.735. The summed E-state index contributed by atoms with van der Waals surface area (Å²) in [6.07, 6.45) is 2.15. The molecule has 98 valence electrons. The van der Waals surface area contributed by atoms with Crippen molar-refractivity contribution in [2.45, 2.75) is 46.6 Å². The molecule has 1 saturated heterocycles. The molecular formula is C14H27N3. The van der Waals surface area contributed by atoms with Crippen LogP contribution >= 0.6 is 0 Å². The number of piperazine rings is 1. The Kier molecular flexibility index (Phi) is 5.42. The number of nitriles is 1. The molecule has 1 rings (SSSR count). The minimum atomic E-state index is -0.153. The Labute approximate surface area is 106 Å². The summed E-state index contributed by atoms with van der Waals surface area (Å²) in [5, 5.41) is 8.96. The second kappa shape index (κ2) is 6.37. The van der Waals surface area contributed by atoms with Crippen molar-refractivity contribution in [3.8, 4) is 6.07 Å². The summed E-state index contributed by atoms with van der Waals surface area (Å²) in [5.74, 6) is 0. The minimum absolute atomic E-state index is 0.153. The highest BCUT2D eigenvalue weighted by molar-refractivity contribution is 4.91. The van der Waals surface area contributed by atoms with E-state index in [4.69, 9.17) is 5.26 Å². The van der Waals surface area contributed by atoms with Crippen molar-refractivity contribution in [2.75, 3.05) is 32.7 Å². The highest BCUT2D eigenvalue weighted by atomic mass is 15.3. The monoisotopic (exact) mass is 237 g/mol. The lowest BCUT2D eigenvalue weighted by Gasteiger charge is -2.37. The molecule has 0 saturated carbocycles. The average molecular weight is 237 g/mol. The topological polar surface area (TPSA) is 30.3 Å². The van der Waals surface area contributed by atoms with Crippen LogP contribution in [0.2, 0.25) is 0 Å². The van der Waals surface area contributed by atoms with Gasteiger partial charge in [-0.05, 0) is 47.1 Å². The summed E-state index contributed by atoms with van der Waals surface area (Å²) in [5.41, 5.74) is -0.153. The maximum Gasteiger partial charge on any atom is 0.0683 e. The molecule has 1 aliphatic heterocycles. The third kappa shape index (κ3) is 5.06. The molecule has 17 heavy (non-hydrogen) atoms. The average Bonchev–Trinajstić information content (AvgIpc) is 2.29. The molecule has 3 heteroatoms. The number of nitrogens with zero attached hydrogens (tertiary/aromatic N) is 3. The van der Waals surface area contributed by atoms with Gasteiger partial charge >= 0.3 is 0 Å². The second-order valence-electron chi connectivity index (χ2n) is 6.07. The predicted molar refractivity (Wildman–Crippen MR) is 71.8 cm³/mol. The molecule has 0 amide bonds. The van der Waals surface area contributed by atoms with Gasteiger partial charge in [0.2, 0.25) is 0 Å². The first kappa shape index (κ1) is 14.5. The molecule has 1 heterocycles. The SMILES string of the molecule is CC(C)N1CCN(CCCC(C)(C)C#N)CC1. The highest BCUT2D eigenvalue weighted by Crippen LogP contribution is 2.21. The van der Waals surface area contributed by atoms with Crippen LogP contribution in [0.5, 0.6) is 0 Å². The first-order valence-corrected chi connectivity index (χ1v) is 6.82. The molecule has 0 radical (unpaired) electrons. The number of hydrogen-bond donors (Lipinski definition) is 0. The van der Waals surface area contributed by atoms with Gasteiger partial charge in [-0.25, -0.2) is 0 Å². The van der Waals surface area contributed by atoms with Crippen LogP contribution < -0.4 is 0 Å². The first-order chi connectivity index (χ1) is 7.94. The molecule has 0 N–H and O–H groups in total. The molecule has 0 aliphatic carbocycles. The smallest absolute Gasteiger partial charge is 0.0683 e. The maximum absolute atomic E-state index is 8.96. The highest BCUT2D eigenvalue weighted by Gasteiger charge is 2.20. The lowest BCUT2D eigenvalue weighted by Crippen LogP contribution is -2.49. The van der Waals surface area contributed by atoms with Gasteiger partial charge < -0.3 is 4.90 Å². The van der Waals surface area contributed by atoms with E-state index >= 15 is 0 Å². The summed E-state index contributed by atoms with van der Waals surface area (Å²) >= 11 is 0. The third-order valence-corrected chi connectivity index (χ3v) is 3.72.